The Bertz CT molecular complexity index is 192. The molecule has 0 radical (unpaired) electrons. The molecular weight excluding hydrogens is 194 g/mol. The lowest BCUT2D eigenvalue weighted by Crippen LogP contribution is -2.42. The Kier molecular flexibility index (Phi) is 3.40. The topological polar surface area (TPSA) is 21.3 Å². The highest BCUT2D eigenvalue weighted by Crippen LogP contribution is 2.37. The minimum Gasteiger partial charge on any atom is -0.377 e. The van der Waals surface area contributed by atoms with Gasteiger partial charge in [-0.2, -0.15) is 11.8 Å². The van der Waals surface area contributed by atoms with Gasteiger partial charge in [-0.25, -0.2) is 0 Å². The number of ether oxygens (including phenoxy) is 1. The lowest BCUT2D eigenvalue weighted by Gasteiger charge is -2.26. The predicted molar refractivity (Wildman–Crippen MR) is 61.9 cm³/mol. The molecule has 0 aliphatic carbocycles. The first-order valence-corrected chi connectivity index (χ1v) is 6.67. The van der Waals surface area contributed by atoms with Crippen LogP contribution in [0.5, 0.6) is 0 Å². The predicted octanol–water partition coefficient (Wildman–Crippen LogP) is 2.04. The van der Waals surface area contributed by atoms with Crippen molar-refractivity contribution >= 4 is 11.8 Å². The third-order valence-electron chi connectivity index (χ3n) is 3.41. The van der Waals surface area contributed by atoms with Crippen LogP contribution >= 0.6 is 11.8 Å². The molecule has 1 N–H and O–H groups in total. The fourth-order valence-corrected chi connectivity index (χ4v) is 3.58. The lowest BCUT2D eigenvalue weighted by atomic mass is 10.0. The summed E-state index contributed by atoms with van der Waals surface area (Å²) in [5, 5.41) is 3.67. The smallest absolute Gasteiger partial charge is 0.0700 e. The van der Waals surface area contributed by atoms with Crippen molar-refractivity contribution in [3.8, 4) is 0 Å². The maximum atomic E-state index is 5.54. The van der Waals surface area contributed by atoms with E-state index in [0.29, 0.717) is 16.9 Å². The zero-order valence-corrected chi connectivity index (χ0v) is 10.0. The first kappa shape index (κ1) is 10.8. The van der Waals surface area contributed by atoms with Crippen molar-refractivity contribution in [1.29, 1.82) is 0 Å². The summed E-state index contributed by atoms with van der Waals surface area (Å²) >= 11 is 2.13. The van der Waals surface area contributed by atoms with E-state index in [1.165, 1.54) is 25.0 Å². The van der Waals surface area contributed by atoms with Gasteiger partial charge in [-0.3, -0.25) is 0 Å². The molecule has 0 aromatic heterocycles. The van der Waals surface area contributed by atoms with Crippen LogP contribution in [-0.4, -0.2) is 35.8 Å². The molecule has 0 aromatic rings. The third-order valence-corrected chi connectivity index (χ3v) is 4.95. The van der Waals surface area contributed by atoms with E-state index in [-0.39, 0.29) is 0 Å². The van der Waals surface area contributed by atoms with Crippen molar-refractivity contribution in [2.45, 2.75) is 50.0 Å². The van der Waals surface area contributed by atoms with Crippen LogP contribution in [0.2, 0.25) is 0 Å². The van der Waals surface area contributed by atoms with Gasteiger partial charge in [0.05, 0.1) is 6.10 Å². The van der Waals surface area contributed by atoms with Crippen molar-refractivity contribution in [3.63, 3.8) is 0 Å². The van der Waals surface area contributed by atoms with Crippen molar-refractivity contribution in [1.82, 2.24) is 5.32 Å². The molecule has 2 fully saturated rings. The number of thioether (sulfide) groups is 1. The lowest BCUT2D eigenvalue weighted by molar-refractivity contribution is 0.113. The van der Waals surface area contributed by atoms with Gasteiger partial charge in [-0.15, -0.1) is 0 Å². The SMILES string of the molecule is CC1OCCC1NCC1(C)CCCS1. The molecule has 2 rings (SSSR count). The summed E-state index contributed by atoms with van der Waals surface area (Å²) in [7, 11) is 0. The molecule has 3 heteroatoms. The maximum absolute atomic E-state index is 5.54. The van der Waals surface area contributed by atoms with Crippen molar-refractivity contribution in [2.24, 2.45) is 0 Å². The van der Waals surface area contributed by atoms with Crippen LogP contribution in [-0.2, 0) is 4.74 Å². The molecular formula is C11H21NOS. The molecule has 2 heterocycles. The van der Waals surface area contributed by atoms with E-state index in [1.54, 1.807) is 0 Å². The fraction of sp³-hybridized carbons (Fsp3) is 1.00. The normalized spacial score (nSPS) is 43.3. The average Bonchev–Trinajstić information content (AvgIpc) is 2.73. The number of hydrogen-bond donors (Lipinski definition) is 1. The molecule has 3 atom stereocenters. The van der Waals surface area contributed by atoms with Gasteiger partial charge in [0.25, 0.3) is 0 Å². The van der Waals surface area contributed by atoms with Crippen LogP contribution in [0.15, 0.2) is 0 Å². The summed E-state index contributed by atoms with van der Waals surface area (Å²) < 4.78 is 6.03. The summed E-state index contributed by atoms with van der Waals surface area (Å²) in [5.74, 6) is 1.34. The van der Waals surface area contributed by atoms with Crippen LogP contribution in [0.4, 0.5) is 0 Å². The molecule has 2 nitrogen and oxygen atoms in total. The average molecular weight is 215 g/mol. The molecule has 0 saturated carbocycles. The van der Waals surface area contributed by atoms with Crippen LogP contribution in [0.1, 0.15) is 33.1 Å². The minimum absolute atomic E-state index is 0.407. The van der Waals surface area contributed by atoms with Gasteiger partial charge in [0, 0.05) is 23.9 Å². The van der Waals surface area contributed by atoms with Gasteiger partial charge in [0.1, 0.15) is 0 Å². The van der Waals surface area contributed by atoms with Gasteiger partial charge >= 0.3 is 0 Å². The molecule has 0 spiro atoms. The zero-order valence-electron chi connectivity index (χ0n) is 9.21. The summed E-state index contributed by atoms with van der Waals surface area (Å²) in [5.41, 5.74) is 0. The standard InChI is InChI=1S/C11H21NOS/c1-9-10(4-6-13-9)12-8-11(2)5-3-7-14-11/h9-10,12H,3-8H2,1-2H3. The largest absolute Gasteiger partial charge is 0.377 e. The van der Waals surface area contributed by atoms with E-state index in [2.05, 4.69) is 30.9 Å². The molecule has 2 saturated heterocycles. The second kappa shape index (κ2) is 4.42. The Morgan fingerprint density at radius 2 is 2.43 bits per heavy atom. The highest BCUT2D eigenvalue weighted by atomic mass is 32.2. The zero-order chi connectivity index (χ0) is 10.0. The molecule has 14 heavy (non-hydrogen) atoms. The highest BCUT2D eigenvalue weighted by Gasteiger charge is 2.31. The van der Waals surface area contributed by atoms with Crippen molar-refractivity contribution in [3.05, 3.63) is 0 Å². The quantitative estimate of drug-likeness (QED) is 0.778. The Morgan fingerprint density at radius 3 is 3.00 bits per heavy atom. The van der Waals surface area contributed by atoms with Gasteiger partial charge in [-0.05, 0) is 38.9 Å². The van der Waals surface area contributed by atoms with Gasteiger partial charge < -0.3 is 10.1 Å². The van der Waals surface area contributed by atoms with Crippen LogP contribution < -0.4 is 5.32 Å². The summed E-state index contributed by atoms with van der Waals surface area (Å²) in [4.78, 5) is 0. The van der Waals surface area contributed by atoms with E-state index < -0.39 is 0 Å². The highest BCUT2D eigenvalue weighted by molar-refractivity contribution is 8.00. The number of rotatable bonds is 3. The molecule has 2 aliphatic heterocycles. The van der Waals surface area contributed by atoms with Crippen LogP contribution in [0.3, 0.4) is 0 Å². The first-order valence-electron chi connectivity index (χ1n) is 5.69. The first-order chi connectivity index (χ1) is 6.70. The summed E-state index contributed by atoms with van der Waals surface area (Å²) in [6.07, 6.45) is 4.35. The second-order valence-electron chi connectivity index (χ2n) is 4.75. The summed E-state index contributed by atoms with van der Waals surface area (Å²) in [6, 6.07) is 0.591. The molecule has 82 valence electrons. The fourth-order valence-electron chi connectivity index (χ4n) is 2.32. The summed E-state index contributed by atoms with van der Waals surface area (Å²) in [6.45, 7) is 6.64. The van der Waals surface area contributed by atoms with Gasteiger partial charge in [0.2, 0.25) is 0 Å². The van der Waals surface area contributed by atoms with E-state index in [9.17, 15) is 0 Å². The minimum atomic E-state index is 0.407. The van der Waals surface area contributed by atoms with E-state index >= 15 is 0 Å². The van der Waals surface area contributed by atoms with E-state index in [1.807, 2.05) is 0 Å². The van der Waals surface area contributed by atoms with Crippen molar-refractivity contribution in [2.75, 3.05) is 18.9 Å². The van der Waals surface area contributed by atoms with Crippen molar-refractivity contribution < 1.29 is 4.74 Å². The second-order valence-corrected chi connectivity index (χ2v) is 6.44. The van der Waals surface area contributed by atoms with Crippen LogP contribution in [0, 0.1) is 0 Å². The third kappa shape index (κ3) is 2.44. The molecule has 3 unspecified atom stereocenters. The van der Waals surface area contributed by atoms with Gasteiger partial charge in [-0.1, -0.05) is 0 Å². The van der Waals surface area contributed by atoms with E-state index in [0.717, 1.165) is 13.2 Å². The monoisotopic (exact) mass is 215 g/mol. The molecule has 0 amide bonds. The molecule has 2 aliphatic rings. The van der Waals surface area contributed by atoms with Crippen LogP contribution in [0.25, 0.3) is 0 Å². The Hall–Kier alpha value is 0.270. The molecule has 0 bridgehead atoms. The van der Waals surface area contributed by atoms with Gasteiger partial charge in [0.15, 0.2) is 0 Å². The maximum Gasteiger partial charge on any atom is 0.0700 e. The number of nitrogens with one attached hydrogen (secondary N) is 1. The Morgan fingerprint density at radius 1 is 1.57 bits per heavy atom. The Balaban J connectivity index is 1.75. The number of hydrogen-bond acceptors (Lipinski definition) is 3. The molecule has 0 aromatic carbocycles. The van der Waals surface area contributed by atoms with E-state index in [4.69, 9.17) is 4.74 Å². The Labute approximate surface area is 91.2 Å².